The van der Waals surface area contributed by atoms with E-state index in [1.807, 2.05) is 0 Å². The third-order valence-corrected chi connectivity index (χ3v) is 4.03. The van der Waals surface area contributed by atoms with Crippen molar-refractivity contribution < 1.29 is 28.5 Å². The summed E-state index contributed by atoms with van der Waals surface area (Å²) in [6.07, 6.45) is 0.0191. The van der Waals surface area contributed by atoms with Crippen LogP contribution in [0, 0.1) is 0 Å². The fraction of sp³-hybridized carbons (Fsp3) is 0.556. The SMILES string of the molecule is CCOC(=O)C1c2ccc3c(c2CCN1C(=O)OC(C)(C)C)OCO3. The van der Waals surface area contributed by atoms with Crippen LogP contribution in [0.4, 0.5) is 4.79 Å². The van der Waals surface area contributed by atoms with Crippen LogP contribution in [0.3, 0.4) is 0 Å². The second kappa shape index (κ2) is 6.46. The number of hydrogen-bond donors (Lipinski definition) is 0. The molecule has 136 valence electrons. The second-order valence-corrected chi connectivity index (χ2v) is 6.95. The molecular formula is C18H23NO6. The van der Waals surface area contributed by atoms with Crippen molar-refractivity contribution in [3.8, 4) is 11.5 Å². The summed E-state index contributed by atoms with van der Waals surface area (Å²) in [5.41, 5.74) is 0.929. The Balaban J connectivity index is 1.98. The Morgan fingerprint density at radius 3 is 2.72 bits per heavy atom. The van der Waals surface area contributed by atoms with E-state index < -0.39 is 23.7 Å². The maximum Gasteiger partial charge on any atom is 0.411 e. The molecule has 0 saturated carbocycles. The first-order valence-electron chi connectivity index (χ1n) is 8.39. The monoisotopic (exact) mass is 349 g/mol. The third kappa shape index (κ3) is 3.36. The van der Waals surface area contributed by atoms with Crippen LogP contribution in [0.5, 0.6) is 11.5 Å². The Bertz CT molecular complexity index is 694. The van der Waals surface area contributed by atoms with Gasteiger partial charge in [-0.05, 0) is 45.7 Å². The molecule has 0 fully saturated rings. The molecule has 2 heterocycles. The van der Waals surface area contributed by atoms with E-state index in [0.717, 1.165) is 5.56 Å². The Labute approximate surface area is 146 Å². The van der Waals surface area contributed by atoms with Crippen LogP contribution in [0.15, 0.2) is 12.1 Å². The molecule has 0 bridgehead atoms. The van der Waals surface area contributed by atoms with E-state index in [2.05, 4.69) is 0 Å². The highest BCUT2D eigenvalue weighted by molar-refractivity contribution is 5.84. The highest BCUT2D eigenvalue weighted by atomic mass is 16.7. The molecule has 1 atom stereocenters. The van der Waals surface area contributed by atoms with E-state index in [-0.39, 0.29) is 13.4 Å². The summed E-state index contributed by atoms with van der Waals surface area (Å²) in [5, 5.41) is 0. The number of amides is 1. The van der Waals surface area contributed by atoms with Gasteiger partial charge in [0, 0.05) is 12.1 Å². The lowest BCUT2D eigenvalue weighted by Gasteiger charge is -2.36. The minimum atomic E-state index is -0.854. The molecule has 0 aliphatic carbocycles. The van der Waals surface area contributed by atoms with Gasteiger partial charge in [-0.1, -0.05) is 6.07 Å². The third-order valence-electron chi connectivity index (χ3n) is 4.03. The van der Waals surface area contributed by atoms with Crippen LogP contribution in [-0.2, 0) is 20.7 Å². The number of rotatable bonds is 2. The lowest BCUT2D eigenvalue weighted by Crippen LogP contribution is -2.46. The van der Waals surface area contributed by atoms with E-state index in [9.17, 15) is 9.59 Å². The average molecular weight is 349 g/mol. The first kappa shape index (κ1) is 17.4. The fourth-order valence-corrected chi connectivity index (χ4v) is 3.08. The second-order valence-electron chi connectivity index (χ2n) is 6.95. The van der Waals surface area contributed by atoms with E-state index in [4.69, 9.17) is 18.9 Å². The highest BCUT2D eigenvalue weighted by Crippen LogP contribution is 2.43. The molecule has 0 radical (unpaired) electrons. The van der Waals surface area contributed by atoms with Crippen molar-refractivity contribution in [1.82, 2.24) is 4.90 Å². The predicted molar refractivity (Wildman–Crippen MR) is 88.6 cm³/mol. The lowest BCUT2D eigenvalue weighted by molar-refractivity contribution is -0.150. The van der Waals surface area contributed by atoms with Gasteiger partial charge in [-0.15, -0.1) is 0 Å². The van der Waals surface area contributed by atoms with Gasteiger partial charge in [-0.25, -0.2) is 9.59 Å². The van der Waals surface area contributed by atoms with Crippen molar-refractivity contribution in [1.29, 1.82) is 0 Å². The number of carbonyl (C=O) groups excluding carboxylic acids is 2. The first-order valence-corrected chi connectivity index (χ1v) is 8.39. The van der Waals surface area contributed by atoms with E-state index in [1.54, 1.807) is 39.8 Å². The number of esters is 1. The average Bonchev–Trinajstić information content (AvgIpc) is 3.01. The van der Waals surface area contributed by atoms with Gasteiger partial charge < -0.3 is 18.9 Å². The standard InChI is InChI=1S/C18H23NO6/c1-5-22-16(20)14-11-6-7-13-15(24-10-23-13)12(11)8-9-19(14)17(21)25-18(2,3)4/h6-7,14H,5,8-10H2,1-4H3. The molecule has 2 aliphatic heterocycles. The Morgan fingerprint density at radius 1 is 1.28 bits per heavy atom. The van der Waals surface area contributed by atoms with Gasteiger partial charge in [0.2, 0.25) is 6.79 Å². The summed E-state index contributed by atoms with van der Waals surface area (Å²) in [7, 11) is 0. The number of fused-ring (bicyclic) bond motifs is 3. The number of ether oxygens (including phenoxy) is 4. The van der Waals surface area contributed by atoms with Crippen molar-refractivity contribution in [3.05, 3.63) is 23.3 Å². The van der Waals surface area contributed by atoms with Gasteiger partial charge in [0.15, 0.2) is 17.5 Å². The largest absolute Gasteiger partial charge is 0.464 e. The maximum atomic E-state index is 12.6. The quantitative estimate of drug-likeness (QED) is 0.765. The summed E-state index contributed by atoms with van der Waals surface area (Å²) in [6, 6.07) is 2.69. The van der Waals surface area contributed by atoms with Crippen molar-refractivity contribution in [2.24, 2.45) is 0 Å². The molecule has 1 amide bonds. The first-order chi connectivity index (χ1) is 11.8. The zero-order valence-corrected chi connectivity index (χ0v) is 15.0. The van der Waals surface area contributed by atoms with Crippen LogP contribution in [0.1, 0.15) is 44.9 Å². The van der Waals surface area contributed by atoms with E-state index >= 15 is 0 Å². The van der Waals surface area contributed by atoms with Gasteiger partial charge in [-0.2, -0.15) is 0 Å². The van der Waals surface area contributed by atoms with Crippen LogP contribution >= 0.6 is 0 Å². The van der Waals surface area contributed by atoms with Crippen LogP contribution in [0.2, 0.25) is 0 Å². The summed E-state index contributed by atoms with van der Waals surface area (Å²) in [4.78, 5) is 26.6. The normalized spacial score (nSPS) is 18.6. The van der Waals surface area contributed by atoms with Gasteiger partial charge in [0.05, 0.1) is 6.61 Å². The van der Waals surface area contributed by atoms with Crippen LogP contribution < -0.4 is 9.47 Å². The molecule has 0 saturated heterocycles. The number of nitrogens with zero attached hydrogens (tertiary/aromatic N) is 1. The molecule has 1 unspecified atom stereocenters. The lowest BCUT2D eigenvalue weighted by atomic mass is 9.91. The van der Waals surface area contributed by atoms with Crippen molar-refractivity contribution in [2.75, 3.05) is 19.9 Å². The molecule has 2 aliphatic rings. The maximum absolute atomic E-state index is 12.6. The zero-order chi connectivity index (χ0) is 18.2. The number of carbonyl (C=O) groups is 2. The minimum absolute atomic E-state index is 0.158. The van der Waals surface area contributed by atoms with Gasteiger partial charge >= 0.3 is 12.1 Å². The summed E-state index contributed by atoms with van der Waals surface area (Å²) in [6.45, 7) is 7.84. The van der Waals surface area contributed by atoms with Crippen LogP contribution in [-0.4, -0.2) is 42.5 Å². The predicted octanol–water partition coefficient (Wildman–Crippen LogP) is 2.81. The molecule has 1 aromatic rings. The molecule has 0 aromatic heterocycles. The number of hydrogen-bond acceptors (Lipinski definition) is 6. The molecule has 0 N–H and O–H groups in total. The highest BCUT2D eigenvalue weighted by Gasteiger charge is 2.41. The number of benzene rings is 1. The molecule has 25 heavy (non-hydrogen) atoms. The van der Waals surface area contributed by atoms with E-state index in [1.165, 1.54) is 4.90 Å². The van der Waals surface area contributed by atoms with Crippen LogP contribution in [0.25, 0.3) is 0 Å². The van der Waals surface area contributed by atoms with Gasteiger partial charge in [0.25, 0.3) is 0 Å². The smallest absolute Gasteiger partial charge is 0.411 e. The molecule has 7 heteroatoms. The minimum Gasteiger partial charge on any atom is -0.464 e. The molecule has 0 spiro atoms. The fourth-order valence-electron chi connectivity index (χ4n) is 3.08. The van der Waals surface area contributed by atoms with Gasteiger partial charge in [-0.3, -0.25) is 4.90 Å². The van der Waals surface area contributed by atoms with Crippen molar-refractivity contribution >= 4 is 12.1 Å². The summed E-state index contributed by atoms with van der Waals surface area (Å²) in [5.74, 6) is 0.830. The molecule has 7 nitrogen and oxygen atoms in total. The Hall–Kier alpha value is -2.44. The Morgan fingerprint density at radius 2 is 2.04 bits per heavy atom. The topological polar surface area (TPSA) is 74.3 Å². The van der Waals surface area contributed by atoms with Gasteiger partial charge in [0.1, 0.15) is 5.60 Å². The molecular weight excluding hydrogens is 326 g/mol. The summed E-state index contributed by atoms with van der Waals surface area (Å²) < 4.78 is 21.6. The molecule has 3 rings (SSSR count). The summed E-state index contributed by atoms with van der Waals surface area (Å²) >= 11 is 0. The molecule has 1 aromatic carbocycles. The van der Waals surface area contributed by atoms with Crippen molar-refractivity contribution in [3.63, 3.8) is 0 Å². The van der Waals surface area contributed by atoms with E-state index in [0.29, 0.717) is 30.0 Å². The Kier molecular flexibility index (Phi) is 4.49. The van der Waals surface area contributed by atoms with Crippen molar-refractivity contribution in [2.45, 2.75) is 45.8 Å². The zero-order valence-electron chi connectivity index (χ0n) is 15.0.